The van der Waals surface area contributed by atoms with Crippen LogP contribution in [0.25, 0.3) is 0 Å². The third-order valence-electron chi connectivity index (χ3n) is 4.95. The summed E-state index contributed by atoms with van der Waals surface area (Å²) >= 11 is 0. The van der Waals surface area contributed by atoms with Crippen molar-refractivity contribution < 1.29 is 22.4 Å². The molecule has 0 bridgehead atoms. The molecule has 0 aliphatic carbocycles. The van der Waals surface area contributed by atoms with Gasteiger partial charge >= 0.3 is 0 Å². The fourth-order valence-electron chi connectivity index (χ4n) is 3.24. The zero-order valence-corrected chi connectivity index (χ0v) is 21.5. The van der Waals surface area contributed by atoms with Gasteiger partial charge in [0.15, 0.2) is 5.76 Å². The third kappa shape index (κ3) is 6.80. The summed E-state index contributed by atoms with van der Waals surface area (Å²) in [6.45, 7) is 11.4. The van der Waals surface area contributed by atoms with E-state index in [0.717, 1.165) is 5.56 Å². The highest BCUT2D eigenvalue weighted by Crippen LogP contribution is 2.25. The third-order valence-corrected chi connectivity index (χ3v) is 6.58. The Morgan fingerprint density at radius 1 is 0.743 bits per heavy atom. The van der Waals surface area contributed by atoms with Gasteiger partial charge in [-0.3, -0.25) is 9.59 Å². The standard InChI is InChI=1S/C26H31N3O5S/c1-25(2,3)18-13-11-17(12-14-18)23(30)27-19-9-7-8-10-20(19)28-24(31)21-15-16-22(34-21)35(32,33)29-26(4,5)6/h7-16,29H,1-6H3,(H,27,30)(H,28,31). The van der Waals surface area contributed by atoms with E-state index >= 15 is 0 Å². The summed E-state index contributed by atoms with van der Waals surface area (Å²) in [6, 6.07) is 16.6. The van der Waals surface area contributed by atoms with Crippen molar-refractivity contribution in [2.75, 3.05) is 10.6 Å². The van der Waals surface area contributed by atoms with Gasteiger partial charge in [0, 0.05) is 11.1 Å². The maximum Gasteiger partial charge on any atom is 0.291 e. The highest BCUT2D eigenvalue weighted by molar-refractivity contribution is 7.89. The molecular formula is C26H31N3O5S. The molecule has 0 saturated heterocycles. The van der Waals surface area contributed by atoms with Crippen molar-refractivity contribution in [1.82, 2.24) is 4.72 Å². The summed E-state index contributed by atoms with van der Waals surface area (Å²) in [7, 11) is -3.92. The number of carbonyl (C=O) groups excluding carboxylic acids is 2. The van der Waals surface area contributed by atoms with Gasteiger partial charge in [-0.1, -0.05) is 45.0 Å². The Labute approximate surface area is 206 Å². The first-order chi connectivity index (χ1) is 16.2. The molecule has 3 rings (SSSR count). The topological polar surface area (TPSA) is 118 Å². The van der Waals surface area contributed by atoms with Gasteiger partial charge in [-0.25, -0.2) is 13.1 Å². The first kappa shape index (κ1) is 26.2. The minimum absolute atomic E-state index is 0.0280. The molecule has 0 aliphatic heterocycles. The molecule has 0 aliphatic rings. The van der Waals surface area contributed by atoms with Gasteiger partial charge in [-0.2, -0.15) is 0 Å². The number of sulfonamides is 1. The van der Waals surface area contributed by atoms with Crippen LogP contribution in [0.3, 0.4) is 0 Å². The molecule has 186 valence electrons. The van der Waals surface area contributed by atoms with Gasteiger partial charge in [0.2, 0.25) is 5.09 Å². The Hall–Kier alpha value is -3.43. The van der Waals surface area contributed by atoms with Gasteiger partial charge in [0.25, 0.3) is 21.8 Å². The molecule has 1 aromatic heterocycles. The van der Waals surface area contributed by atoms with E-state index < -0.39 is 21.5 Å². The van der Waals surface area contributed by atoms with E-state index in [1.165, 1.54) is 12.1 Å². The van der Waals surface area contributed by atoms with Crippen molar-refractivity contribution >= 4 is 33.2 Å². The average Bonchev–Trinajstić information content (AvgIpc) is 3.24. The second-order valence-electron chi connectivity index (χ2n) is 10.3. The summed E-state index contributed by atoms with van der Waals surface area (Å²) in [5.41, 5.74) is 1.58. The number of hydrogen-bond donors (Lipinski definition) is 3. The second kappa shape index (κ2) is 9.67. The lowest BCUT2D eigenvalue weighted by Gasteiger charge is -2.19. The fourth-order valence-corrected chi connectivity index (χ4v) is 4.59. The van der Waals surface area contributed by atoms with Crippen LogP contribution in [0.5, 0.6) is 0 Å². The highest BCUT2D eigenvalue weighted by atomic mass is 32.2. The number of anilines is 2. The van der Waals surface area contributed by atoms with E-state index in [2.05, 4.69) is 36.1 Å². The molecule has 0 radical (unpaired) electrons. The van der Waals surface area contributed by atoms with E-state index in [-0.39, 0.29) is 22.2 Å². The number of nitrogens with one attached hydrogen (secondary N) is 3. The zero-order chi connectivity index (χ0) is 26.0. The van der Waals surface area contributed by atoms with Crippen LogP contribution in [-0.4, -0.2) is 25.8 Å². The molecule has 3 N–H and O–H groups in total. The van der Waals surface area contributed by atoms with Gasteiger partial charge in [-0.05, 0) is 68.1 Å². The lowest BCUT2D eigenvalue weighted by Crippen LogP contribution is -2.40. The van der Waals surface area contributed by atoms with Crippen LogP contribution in [0.2, 0.25) is 0 Å². The molecule has 8 nitrogen and oxygen atoms in total. The molecule has 0 unspecified atom stereocenters. The summed E-state index contributed by atoms with van der Waals surface area (Å²) in [5, 5.41) is 5.11. The largest absolute Gasteiger partial charge is 0.438 e. The van der Waals surface area contributed by atoms with Gasteiger partial charge in [0.05, 0.1) is 11.4 Å². The average molecular weight is 498 g/mol. The van der Waals surface area contributed by atoms with E-state index in [1.54, 1.807) is 57.2 Å². The molecule has 0 saturated carbocycles. The molecule has 2 amide bonds. The van der Waals surface area contributed by atoms with Crippen LogP contribution in [0.4, 0.5) is 11.4 Å². The molecular weight excluding hydrogens is 466 g/mol. The number of amides is 2. The lowest BCUT2D eigenvalue weighted by molar-refractivity contribution is 0.0988. The van der Waals surface area contributed by atoms with E-state index in [9.17, 15) is 18.0 Å². The summed E-state index contributed by atoms with van der Waals surface area (Å²) < 4.78 is 32.7. The maximum absolute atomic E-state index is 12.8. The van der Waals surface area contributed by atoms with Crippen molar-refractivity contribution in [3.05, 3.63) is 77.6 Å². The smallest absolute Gasteiger partial charge is 0.291 e. The maximum atomic E-state index is 12.8. The number of carbonyl (C=O) groups is 2. The van der Waals surface area contributed by atoms with Gasteiger partial charge < -0.3 is 15.1 Å². The molecule has 1 heterocycles. The normalized spacial score (nSPS) is 12.3. The zero-order valence-electron chi connectivity index (χ0n) is 20.7. The fraction of sp³-hybridized carbons (Fsp3) is 0.308. The van der Waals surface area contributed by atoms with Gasteiger partial charge in [-0.15, -0.1) is 0 Å². The molecule has 0 spiro atoms. The minimum Gasteiger partial charge on any atom is -0.438 e. The van der Waals surface area contributed by atoms with E-state index in [1.807, 2.05) is 12.1 Å². The van der Waals surface area contributed by atoms with Gasteiger partial charge in [0.1, 0.15) is 0 Å². The molecule has 0 fully saturated rings. The summed E-state index contributed by atoms with van der Waals surface area (Å²) in [4.78, 5) is 25.5. The lowest BCUT2D eigenvalue weighted by atomic mass is 9.87. The van der Waals surface area contributed by atoms with Crippen LogP contribution < -0.4 is 15.4 Å². The van der Waals surface area contributed by atoms with Crippen molar-refractivity contribution in [1.29, 1.82) is 0 Å². The Kier molecular flexibility index (Phi) is 7.23. The number of benzene rings is 2. The molecule has 3 aromatic rings. The van der Waals surface area contributed by atoms with E-state index in [0.29, 0.717) is 16.9 Å². The van der Waals surface area contributed by atoms with Crippen LogP contribution in [0.1, 0.15) is 68.0 Å². The van der Waals surface area contributed by atoms with Crippen molar-refractivity contribution in [2.24, 2.45) is 0 Å². The molecule has 35 heavy (non-hydrogen) atoms. The number of furan rings is 1. The van der Waals surface area contributed by atoms with E-state index in [4.69, 9.17) is 4.42 Å². The minimum atomic E-state index is -3.92. The predicted octanol–water partition coefficient (Wildman–Crippen LogP) is 5.16. The highest BCUT2D eigenvalue weighted by Gasteiger charge is 2.26. The van der Waals surface area contributed by atoms with Crippen LogP contribution >= 0.6 is 0 Å². The summed E-state index contributed by atoms with van der Waals surface area (Å²) in [6.07, 6.45) is 0. The first-order valence-corrected chi connectivity index (χ1v) is 12.6. The monoisotopic (exact) mass is 497 g/mol. The SMILES string of the molecule is CC(C)(C)NS(=O)(=O)c1ccc(C(=O)Nc2ccccc2NC(=O)c2ccc(C(C)(C)C)cc2)o1. The predicted molar refractivity (Wildman–Crippen MR) is 136 cm³/mol. The number of para-hydroxylation sites is 2. The molecule has 2 aromatic carbocycles. The summed E-state index contributed by atoms with van der Waals surface area (Å²) in [5.74, 6) is -1.16. The van der Waals surface area contributed by atoms with Crippen molar-refractivity contribution in [3.63, 3.8) is 0 Å². The Bertz CT molecular complexity index is 1330. The number of hydrogen-bond acceptors (Lipinski definition) is 5. The quantitative estimate of drug-likeness (QED) is 0.435. The second-order valence-corrected chi connectivity index (χ2v) is 11.9. The van der Waals surface area contributed by atoms with Crippen molar-refractivity contribution in [3.8, 4) is 0 Å². The van der Waals surface area contributed by atoms with Crippen LogP contribution in [0, 0.1) is 0 Å². The molecule has 9 heteroatoms. The van der Waals surface area contributed by atoms with Crippen LogP contribution in [0.15, 0.2) is 70.2 Å². The Morgan fingerprint density at radius 2 is 1.29 bits per heavy atom. The first-order valence-electron chi connectivity index (χ1n) is 11.1. The Balaban J connectivity index is 1.75. The molecule has 0 atom stereocenters. The van der Waals surface area contributed by atoms with Crippen LogP contribution in [-0.2, 0) is 15.4 Å². The Morgan fingerprint density at radius 3 is 1.80 bits per heavy atom. The number of rotatable bonds is 6. The van der Waals surface area contributed by atoms with Crippen molar-refractivity contribution in [2.45, 2.75) is 57.6 Å².